The standard InChI is InChI=1S/C13H23NO2/c1-13(15,6-7-16-2)9-14-12-8-10-4-3-5-11(10)12/h3,5,10-12,14-15H,4,6-9H2,1-2H3. The highest BCUT2D eigenvalue weighted by atomic mass is 16.5. The molecule has 2 aliphatic rings. The van der Waals surface area contributed by atoms with Gasteiger partial charge in [0.15, 0.2) is 0 Å². The molecule has 0 saturated heterocycles. The minimum absolute atomic E-state index is 0.581. The van der Waals surface area contributed by atoms with Gasteiger partial charge in [0.25, 0.3) is 0 Å². The van der Waals surface area contributed by atoms with Crippen LogP contribution in [-0.4, -0.2) is 37.0 Å². The summed E-state index contributed by atoms with van der Waals surface area (Å²) >= 11 is 0. The highest BCUT2D eigenvalue weighted by molar-refractivity contribution is 5.13. The predicted molar refractivity (Wildman–Crippen MR) is 64.3 cm³/mol. The summed E-state index contributed by atoms with van der Waals surface area (Å²) < 4.78 is 5.00. The van der Waals surface area contributed by atoms with Gasteiger partial charge in [0.2, 0.25) is 0 Å². The number of rotatable bonds is 6. The van der Waals surface area contributed by atoms with Gasteiger partial charge < -0.3 is 15.2 Å². The molecule has 1 saturated carbocycles. The van der Waals surface area contributed by atoms with Crippen molar-refractivity contribution in [2.45, 2.75) is 37.8 Å². The summed E-state index contributed by atoms with van der Waals surface area (Å²) in [6, 6.07) is 0.581. The van der Waals surface area contributed by atoms with Gasteiger partial charge in [-0.05, 0) is 31.6 Å². The van der Waals surface area contributed by atoms with E-state index in [0.29, 0.717) is 25.6 Å². The minimum Gasteiger partial charge on any atom is -0.389 e. The Kier molecular flexibility index (Phi) is 3.67. The van der Waals surface area contributed by atoms with Crippen molar-refractivity contribution in [3.8, 4) is 0 Å². The molecule has 2 N–H and O–H groups in total. The Balaban J connectivity index is 1.69. The number of aliphatic hydroxyl groups is 1. The quantitative estimate of drug-likeness (QED) is 0.670. The third kappa shape index (κ3) is 2.65. The SMILES string of the molecule is COCCC(C)(O)CNC1CC2CC=CC21. The summed E-state index contributed by atoms with van der Waals surface area (Å²) in [5.41, 5.74) is -0.649. The van der Waals surface area contributed by atoms with E-state index in [-0.39, 0.29) is 0 Å². The van der Waals surface area contributed by atoms with Crippen molar-refractivity contribution in [3.05, 3.63) is 12.2 Å². The Bertz CT molecular complexity index is 263. The molecule has 4 unspecified atom stereocenters. The van der Waals surface area contributed by atoms with Crippen LogP contribution >= 0.6 is 0 Å². The van der Waals surface area contributed by atoms with Crippen molar-refractivity contribution >= 4 is 0 Å². The van der Waals surface area contributed by atoms with E-state index in [9.17, 15) is 5.11 Å². The molecule has 3 heteroatoms. The topological polar surface area (TPSA) is 41.5 Å². The van der Waals surface area contributed by atoms with E-state index in [1.165, 1.54) is 12.8 Å². The van der Waals surface area contributed by atoms with Crippen LogP contribution in [0.15, 0.2) is 12.2 Å². The molecular weight excluding hydrogens is 202 g/mol. The van der Waals surface area contributed by atoms with Crippen LogP contribution in [0.5, 0.6) is 0 Å². The zero-order valence-corrected chi connectivity index (χ0v) is 10.3. The fourth-order valence-electron chi connectivity index (χ4n) is 2.71. The van der Waals surface area contributed by atoms with E-state index < -0.39 is 5.60 Å². The van der Waals surface area contributed by atoms with Crippen LogP contribution in [0.2, 0.25) is 0 Å². The monoisotopic (exact) mass is 225 g/mol. The van der Waals surface area contributed by atoms with Crippen molar-refractivity contribution in [2.24, 2.45) is 11.8 Å². The molecule has 1 fully saturated rings. The number of nitrogens with one attached hydrogen (secondary N) is 1. The van der Waals surface area contributed by atoms with Crippen LogP contribution in [0.25, 0.3) is 0 Å². The summed E-state index contributed by atoms with van der Waals surface area (Å²) in [6.07, 6.45) is 7.82. The van der Waals surface area contributed by atoms with E-state index in [1.807, 2.05) is 6.92 Å². The summed E-state index contributed by atoms with van der Waals surface area (Å²) in [5, 5.41) is 13.6. The summed E-state index contributed by atoms with van der Waals surface area (Å²) in [5.74, 6) is 1.60. The maximum atomic E-state index is 10.1. The van der Waals surface area contributed by atoms with E-state index in [1.54, 1.807) is 7.11 Å². The zero-order chi connectivity index (χ0) is 11.6. The lowest BCUT2D eigenvalue weighted by Crippen LogP contribution is -2.52. The maximum absolute atomic E-state index is 10.1. The molecule has 0 aliphatic heterocycles. The Labute approximate surface area is 97.9 Å². The van der Waals surface area contributed by atoms with Crippen LogP contribution in [0.4, 0.5) is 0 Å². The number of methoxy groups -OCH3 is 1. The van der Waals surface area contributed by atoms with Crippen LogP contribution in [-0.2, 0) is 4.74 Å². The molecule has 4 atom stereocenters. The smallest absolute Gasteiger partial charge is 0.0765 e. The molecule has 0 radical (unpaired) electrons. The molecule has 0 amide bonds. The van der Waals surface area contributed by atoms with Crippen molar-refractivity contribution in [3.63, 3.8) is 0 Å². The van der Waals surface area contributed by atoms with Gasteiger partial charge in [-0.3, -0.25) is 0 Å². The van der Waals surface area contributed by atoms with Gasteiger partial charge >= 0.3 is 0 Å². The molecule has 2 rings (SSSR count). The predicted octanol–water partition coefficient (Wildman–Crippen LogP) is 1.33. The van der Waals surface area contributed by atoms with Crippen molar-refractivity contribution in [1.82, 2.24) is 5.32 Å². The molecule has 2 aliphatic carbocycles. The van der Waals surface area contributed by atoms with Gasteiger partial charge in [-0.2, -0.15) is 0 Å². The lowest BCUT2D eigenvalue weighted by Gasteiger charge is -2.42. The van der Waals surface area contributed by atoms with Crippen LogP contribution in [0.1, 0.15) is 26.2 Å². The van der Waals surface area contributed by atoms with Gasteiger partial charge in [0.1, 0.15) is 0 Å². The average molecular weight is 225 g/mol. The lowest BCUT2D eigenvalue weighted by molar-refractivity contribution is 0.0146. The van der Waals surface area contributed by atoms with Gasteiger partial charge in [-0.25, -0.2) is 0 Å². The summed E-state index contributed by atoms with van der Waals surface area (Å²) in [7, 11) is 1.67. The van der Waals surface area contributed by atoms with E-state index in [2.05, 4.69) is 17.5 Å². The number of fused-ring (bicyclic) bond motifs is 1. The fourth-order valence-corrected chi connectivity index (χ4v) is 2.71. The fraction of sp³-hybridized carbons (Fsp3) is 0.846. The first kappa shape index (κ1) is 12.1. The molecule has 0 heterocycles. The van der Waals surface area contributed by atoms with Gasteiger partial charge in [0, 0.05) is 32.7 Å². The first-order valence-electron chi connectivity index (χ1n) is 6.24. The molecular formula is C13H23NO2. The second-order valence-electron chi connectivity index (χ2n) is 5.46. The third-order valence-electron chi connectivity index (χ3n) is 3.95. The van der Waals surface area contributed by atoms with Crippen LogP contribution in [0.3, 0.4) is 0 Å². The number of allylic oxidation sites excluding steroid dienone is 1. The van der Waals surface area contributed by atoms with Gasteiger partial charge in [-0.15, -0.1) is 0 Å². The second-order valence-corrected chi connectivity index (χ2v) is 5.46. The summed E-state index contributed by atoms with van der Waals surface area (Å²) in [6.45, 7) is 3.16. The molecule has 0 aromatic carbocycles. The Morgan fingerprint density at radius 3 is 3.06 bits per heavy atom. The molecule has 92 valence electrons. The van der Waals surface area contributed by atoms with E-state index >= 15 is 0 Å². The van der Waals surface area contributed by atoms with Crippen molar-refractivity contribution in [2.75, 3.05) is 20.3 Å². The third-order valence-corrected chi connectivity index (χ3v) is 3.95. The lowest BCUT2D eigenvalue weighted by atomic mass is 9.71. The molecule has 16 heavy (non-hydrogen) atoms. The van der Waals surface area contributed by atoms with Crippen molar-refractivity contribution < 1.29 is 9.84 Å². The van der Waals surface area contributed by atoms with Gasteiger partial charge in [-0.1, -0.05) is 12.2 Å². The molecule has 0 aromatic rings. The number of hydrogen-bond donors (Lipinski definition) is 2. The Morgan fingerprint density at radius 2 is 2.38 bits per heavy atom. The Morgan fingerprint density at radius 1 is 1.56 bits per heavy atom. The normalized spacial score (nSPS) is 35.6. The Hall–Kier alpha value is -0.380. The second kappa shape index (κ2) is 4.86. The minimum atomic E-state index is -0.649. The van der Waals surface area contributed by atoms with E-state index in [0.717, 1.165) is 11.8 Å². The maximum Gasteiger partial charge on any atom is 0.0765 e. The van der Waals surface area contributed by atoms with E-state index in [4.69, 9.17) is 4.74 Å². The molecule has 0 spiro atoms. The first-order chi connectivity index (χ1) is 7.62. The van der Waals surface area contributed by atoms with Gasteiger partial charge in [0.05, 0.1) is 5.60 Å². The van der Waals surface area contributed by atoms with Crippen molar-refractivity contribution in [1.29, 1.82) is 0 Å². The van der Waals surface area contributed by atoms with Crippen LogP contribution < -0.4 is 5.32 Å². The largest absolute Gasteiger partial charge is 0.389 e. The molecule has 0 bridgehead atoms. The highest BCUT2D eigenvalue weighted by Gasteiger charge is 2.41. The molecule has 3 nitrogen and oxygen atoms in total. The zero-order valence-electron chi connectivity index (χ0n) is 10.3. The van der Waals surface area contributed by atoms with Crippen LogP contribution in [0, 0.1) is 11.8 Å². The number of hydrogen-bond acceptors (Lipinski definition) is 3. The molecule has 0 aromatic heterocycles. The first-order valence-corrected chi connectivity index (χ1v) is 6.24. The highest BCUT2D eigenvalue weighted by Crippen LogP contribution is 2.42. The average Bonchev–Trinajstić information content (AvgIpc) is 2.58. The summed E-state index contributed by atoms with van der Waals surface area (Å²) in [4.78, 5) is 0. The number of ether oxygens (including phenoxy) is 1.